The Morgan fingerprint density at radius 3 is 2.61 bits per heavy atom. The van der Waals surface area contributed by atoms with E-state index in [1.54, 1.807) is 21.7 Å². The van der Waals surface area contributed by atoms with Gasteiger partial charge in [0.1, 0.15) is 23.7 Å². The molecule has 1 saturated heterocycles. The number of amides is 2. The number of nitrogens with one attached hydrogen (secondary N) is 1. The van der Waals surface area contributed by atoms with Crippen LogP contribution in [0.5, 0.6) is 0 Å². The molecule has 0 bridgehead atoms. The number of nitrogens with two attached hydrogens (primary N) is 1. The van der Waals surface area contributed by atoms with Crippen LogP contribution in [0.15, 0.2) is 61.6 Å². The van der Waals surface area contributed by atoms with E-state index in [1.165, 1.54) is 24.5 Å². The van der Waals surface area contributed by atoms with Crippen LogP contribution in [0.2, 0.25) is 0 Å². The fourth-order valence-corrected chi connectivity index (χ4v) is 4.37. The fourth-order valence-electron chi connectivity index (χ4n) is 4.37. The number of hydrogen-bond donors (Lipinski definition) is 2. The van der Waals surface area contributed by atoms with Crippen molar-refractivity contribution in [1.82, 2.24) is 29.6 Å². The highest BCUT2D eigenvalue weighted by Crippen LogP contribution is 2.34. The summed E-state index contributed by atoms with van der Waals surface area (Å²) in [5.41, 5.74) is 7.10. The molecule has 3 N–H and O–H groups in total. The average molecular weight is 522 g/mol. The van der Waals surface area contributed by atoms with E-state index in [2.05, 4.69) is 26.8 Å². The lowest BCUT2D eigenvalue weighted by Crippen LogP contribution is -2.27. The molecule has 5 rings (SSSR count). The van der Waals surface area contributed by atoms with Gasteiger partial charge < -0.3 is 16.0 Å². The molecule has 1 aliphatic rings. The maximum atomic E-state index is 13.0. The van der Waals surface area contributed by atoms with Gasteiger partial charge in [-0.2, -0.15) is 18.3 Å². The summed E-state index contributed by atoms with van der Waals surface area (Å²) in [6.45, 7) is 4.53. The molecule has 10 nitrogen and oxygen atoms in total. The van der Waals surface area contributed by atoms with Gasteiger partial charge in [0.05, 0.1) is 17.0 Å². The van der Waals surface area contributed by atoms with Crippen LogP contribution in [-0.2, 0) is 11.0 Å². The number of likely N-dealkylation sites (tertiary alicyclic amines) is 1. The molecule has 4 heterocycles. The van der Waals surface area contributed by atoms with Gasteiger partial charge >= 0.3 is 6.18 Å². The maximum Gasteiger partial charge on any atom is 0.416 e. The molecular weight excluding hydrogens is 501 g/mol. The van der Waals surface area contributed by atoms with Gasteiger partial charge in [-0.05, 0) is 36.8 Å². The summed E-state index contributed by atoms with van der Waals surface area (Å²) in [5, 5.41) is 7.66. The van der Waals surface area contributed by atoms with E-state index in [-0.39, 0.29) is 29.1 Å². The van der Waals surface area contributed by atoms with Crippen molar-refractivity contribution in [2.24, 2.45) is 0 Å². The van der Waals surface area contributed by atoms with Crippen molar-refractivity contribution in [3.63, 3.8) is 0 Å². The first kappa shape index (κ1) is 24.9. The number of halogens is 3. The Labute approximate surface area is 214 Å². The third kappa shape index (κ3) is 4.65. The molecular formula is C25H21F3N8O2. The number of rotatable bonds is 5. The Morgan fingerprint density at radius 1 is 1.13 bits per heavy atom. The highest BCUT2D eigenvalue weighted by atomic mass is 19.4. The fraction of sp³-hybridized carbons (Fsp3) is 0.200. The maximum absolute atomic E-state index is 13.0. The zero-order chi connectivity index (χ0) is 27.0. The Balaban J connectivity index is 1.42. The molecule has 1 aromatic carbocycles. The van der Waals surface area contributed by atoms with Crippen LogP contribution in [-0.4, -0.2) is 54.5 Å². The van der Waals surface area contributed by atoms with Gasteiger partial charge in [0, 0.05) is 30.4 Å². The number of hydrogen-bond acceptors (Lipinski definition) is 7. The highest BCUT2D eigenvalue weighted by molar-refractivity contribution is 6.04. The van der Waals surface area contributed by atoms with Gasteiger partial charge in [-0.1, -0.05) is 18.7 Å². The summed E-state index contributed by atoms with van der Waals surface area (Å²) < 4.78 is 40.6. The van der Waals surface area contributed by atoms with Crippen LogP contribution < -0.4 is 11.1 Å². The molecule has 2 amide bonds. The van der Waals surface area contributed by atoms with Gasteiger partial charge in [-0.25, -0.2) is 19.6 Å². The van der Waals surface area contributed by atoms with Crippen LogP contribution in [0.1, 0.15) is 28.4 Å². The summed E-state index contributed by atoms with van der Waals surface area (Å²) in [5.74, 6) is -0.776. The quantitative estimate of drug-likeness (QED) is 0.382. The minimum atomic E-state index is -4.56. The van der Waals surface area contributed by atoms with Crippen molar-refractivity contribution in [3.8, 4) is 11.3 Å². The third-order valence-electron chi connectivity index (χ3n) is 6.26. The molecule has 3 aromatic heterocycles. The number of pyridine rings is 1. The van der Waals surface area contributed by atoms with Crippen LogP contribution >= 0.6 is 0 Å². The zero-order valence-electron chi connectivity index (χ0n) is 19.8. The normalized spacial score (nSPS) is 15.6. The van der Waals surface area contributed by atoms with Crippen molar-refractivity contribution < 1.29 is 22.8 Å². The van der Waals surface area contributed by atoms with Gasteiger partial charge in [0.25, 0.3) is 5.91 Å². The Bertz CT molecular complexity index is 1550. The van der Waals surface area contributed by atoms with Crippen molar-refractivity contribution in [3.05, 3.63) is 72.7 Å². The van der Waals surface area contributed by atoms with Crippen molar-refractivity contribution >= 4 is 34.5 Å². The molecule has 0 aliphatic carbocycles. The standard InChI is InChI=1S/C25H21F3N8O2/c1-2-19(37)35-10-8-17(12-35)36-23-20(22(29)31-13-32-23)21(34-36)14-3-5-15(6-4-14)24(38)33-18-11-16(7-9-30-18)25(26,27)28/h2-7,9,11,13,17H,1,8,10,12H2,(H2,29,31,32)(H,30,33,38)/t17-/m1/s1. The van der Waals surface area contributed by atoms with Gasteiger partial charge in [-0.3, -0.25) is 9.59 Å². The molecule has 1 fully saturated rings. The van der Waals surface area contributed by atoms with E-state index >= 15 is 0 Å². The van der Waals surface area contributed by atoms with E-state index in [4.69, 9.17) is 10.8 Å². The molecule has 38 heavy (non-hydrogen) atoms. The molecule has 1 aliphatic heterocycles. The van der Waals surface area contributed by atoms with Crippen LogP contribution in [0.25, 0.3) is 22.3 Å². The van der Waals surface area contributed by atoms with Gasteiger partial charge in [0.2, 0.25) is 5.91 Å². The van der Waals surface area contributed by atoms with Crippen LogP contribution in [0.3, 0.4) is 0 Å². The van der Waals surface area contributed by atoms with Crippen LogP contribution in [0.4, 0.5) is 24.8 Å². The van der Waals surface area contributed by atoms with Crippen molar-refractivity contribution in [2.45, 2.75) is 18.6 Å². The zero-order valence-corrected chi connectivity index (χ0v) is 19.8. The first-order valence-electron chi connectivity index (χ1n) is 11.5. The van der Waals surface area contributed by atoms with Gasteiger partial charge in [0.15, 0.2) is 5.65 Å². The van der Waals surface area contributed by atoms with Crippen molar-refractivity contribution in [1.29, 1.82) is 0 Å². The summed E-state index contributed by atoms with van der Waals surface area (Å²) in [6.07, 6.45) is -0.291. The summed E-state index contributed by atoms with van der Waals surface area (Å²) >= 11 is 0. The minimum absolute atomic E-state index is 0.130. The van der Waals surface area contributed by atoms with E-state index in [1.807, 2.05) is 0 Å². The Morgan fingerprint density at radius 2 is 1.89 bits per heavy atom. The number of benzene rings is 1. The predicted octanol–water partition coefficient (Wildman–Crippen LogP) is 3.70. The van der Waals surface area contributed by atoms with E-state index in [9.17, 15) is 22.8 Å². The Kier molecular flexibility index (Phi) is 6.27. The van der Waals surface area contributed by atoms with E-state index < -0.39 is 17.6 Å². The summed E-state index contributed by atoms with van der Waals surface area (Å²) in [7, 11) is 0. The molecule has 0 radical (unpaired) electrons. The number of carbonyl (C=O) groups excluding carboxylic acids is 2. The number of fused-ring (bicyclic) bond motifs is 1. The molecule has 0 saturated carbocycles. The monoisotopic (exact) mass is 522 g/mol. The number of nitrogen functional groups attached to an aromatic ring is 1. The second-order valence-electron chi connectivity index (χ2n) is 8.64. The lowest BCUT2D eigenvalue weighted by molar-refractivity contribution is -0.137. The largest absolute Gasteiger partial charge is 0.416 e. The van der Waals surface area contributed by atoms with E-state index in [0.29, 0.717) is 41.8 Å². The second kappa shape index (κ2) is 9.57. The first-order chi connectivity index (χ1) is 18.2. The molecule has 13 heteroatoms. The SMILES string of the molecule is C=CC(=O)N1CC[C@@H](n2nc(-c3ccc(C(=O)Nc4cc(C(F)(F)F)ccn4)cc3)c3c(N)ncnc32)C1. The van der Waals surface area contributed by atoms with Gasteiger partial charge in [-0.15, -0.1) is 0 Å². The lowest BCUT2D eigenvalue weighted by Gasteiger charge is -2.14. The first-order valence-corrected chi connectivity index (χ1v) is 11.5. The molecule has 194 valence electrons. The Hall–Kier alpha value is -4.81. The molecule has 0 spiro atoms. The number of aromatic nitrogens is 5. The van der Waals surface area contributed by atoms with Crippen LogP contribution in [0, 0.1) is 0 Å². The number of alkyl halides is 3. The lowest BCUT2D eigenvalue weighted by atomic mass is 10.1. The topological polar surface area (TPSA) is 132 Å². The number of carbonyl (C=O) groups is 2. The number of nitrogens with zero attached hydrogens (tertiary/aromatic N) is 6. The molecule has 1 atom stereocenters. The van der Waals surface area contributed by atoms with Crippen molar-refractivity contribution in [2.75, 3.05) is 24.1 Å². The molecule has 4 aromatic rings. The predicted molar refractivity (Wildman–Crippen MR) is 133 cm³/mol. The second-order valence-corrected chi connectivity index (χ2v) is 8.64. The third-order valence-corrected chi connectivity index (χ3v) is 6.26. The van der Waals surface area contributed by atoms with E-state index in [0.717, 1.165) is 18.3 Å². The summed E-state index contributed by atoms with van der Waals surface area (Å²) in [6, 6.07) is 7.79. The number of anilines is 2. The summed E-state index contributed by atoms with van der Waals surface area (Å²) in [4.78, 5) is 38.6. The smallest absolute Gasteiger partial charge is 0.383 e. The highest BCUT2D eigenvalue weighted by Gasteiger charge is 2.31. The minimum Gasteiger partial charge on any atom is -0.383 e. The average Bonchev–Trinajstić information content (AvgIpc) is 3.54. The molecule has 0 unspecified atom stereocenters.